The van der Waals surface area contributed by atoms with Crippen molar-refractivity contribution in [3.8, 4) is 11.5 Å². The number of anilines is 1. The van der Waals surface area contributed by atoms with Crippen molar-refractivity contribution in [1.82, 2.24) is 4.90 Å². The van der Waals surface area contributed by atoms with Crippen molar-refractivity contribution in [1.29, 1.82) is 0 Å². The highest BCUT2D eigenvalue weighted by molar-refractivity contribution is 14.1. The van der Waals surface area contributed by atoms with Gasteiger partial charge in [-0.1, -0.05) is 25.3 Å². The van der Waals surface area contributed by atoms with Gasteiger partial charge in [0.05, 0.1) is 26.3 Å². The van der Waals surface area contributed by atoms with E-state index in [0.717, 1.165) is 41.2 Å². The molecule has 1 heterocycles. The van der Waals surface area contributed by atoms with Crippen LogP contribution in [0.25, 0.3) is 0 Å². The minimum Gasteiger partial charge on any atom is -0.493 e. The van der Waals surface area contributed by atoms with Crippen molar-refractivity contribution in [2.45, 2.75) is 51.0 Å². The lowest BCUT2D eigenvalue weighted by atomic mass is 9.87. The molecule has 2 aromatic rings. The summed E-state index contributed by atoms with van der Waals surface area (Å²) in [5, 5.41) is 0. The number of imide groups is 1. The highest BCUT2D eigenvalue weighted by atomic mass is 127. The third-order valence-electron chi connectivity index (χ3n) is 6.91. The van der Waals surface area contributed by atoms with Crippen molar-refractivity contribution in [3.05, 3.63) is 51.6 Å². The average Bonchev–Trinajstić information content (AvgIpc) is 3.18. The van der Waals surface area contributed by atoms with E-state index in [-0.39, 0.29) is 30.1 Å². The first-order chi connectivity index (χ1) is 16.9. The van der Waals surface area contributed by atoms with Gasteiger partial charge in [0, 0.05) is 16.0 Å². The molecule has 1 saturated carbocycles. The van der Waals surface area contributed by atoms with Crippen molar-refractivity contribution in [2.24, 2.45) is 5.92 Å². The van der Waals surface area contributed by atoms with Crippen LogP contribution in [0.2, 0.25) is 0 Å². The smallest absolute Gasteiger partial charge is 0.257 e. The first-order valence-corrected chi connectivity index (χ1v) is 13.1. The molecular weight excluding hydrogens is 559 g/mol. The van der Waals surface area contributed by atoms with Gasteiger partial charge in [0.1, 0.15) is 6.04 Å². The molecule has 1 saturated heterocycles. The second kappa shape index (κ2) is 11.4. The van der Waals surface area contributed by atoms with E-state index in [1.54, 1.807) is 31.3 Å². The summed E-state index contributed by atoms with van der Waals surface area (Å²) < 4.78 is 11.8. The zero-order valence-electron chi connectivity index (χ0n) is 20.2. The number of rotatable bonds is 8. The molecule has 1 atom stereocenters. The Morgan fingerprint density at radius 1 is 1.00 bits per heavy atom. The third kappa shape index (κ3) is 5.63. The standard InChI is InChI=1S/C27H31IN2O5/c1-34-23-13-8-18(16-24(23)35-2)14-15-29(26(32)19-6-4-3-5-7-19)22-17-25(31)30(27(22)33)21-11-9-20(28)10-12-21/h8-13,16,19,22H,3-7,14-15,17H2,1-2H3. The number of amides is 3. The van der Waals surface area contributed by atoms with E-state index in [9.17, 15) is 14.4 Å². The van der Waals surface area contributed by atoms with Crippen LogP contribution in [0.5, 0.6) is 11.5 Å². The van der Waals surface area contributed by atoms with Crippen molar-refractivity contribution < 1.29 is 23.9 Å². The predicted molar refractivity (Wildman–Crippen MR) is 142 cm³/mol. The topological polar surface area (TPSA) is 76.2 Å². The molecule has 0 radical (unpaired) electrons. The van der Waals surface area contributed by atoms with Crippen molar-refractivity contribution in [3.63, 3.8) is 0 Å². The summed E-state index contributed by atoms with van der Waals surface area (Å²) in [5.74, 6) is 0.551. The predicted octanol–water partition coefficient (Wildman–Crippen LogP) is 4.59. The van der Waals surface area contributed by atoms with Gasteiger partial charge in [-0.05, 0) is 83.8 Å². The molecule has 0 aromatic heterocycles. The van der Waals surface area contributed by atoms with Gasteiger partial charge in [-0.3, -0.25) is 14.4 Å². The molecule has 0 spiro atoms. The molecule has 0 N–H and O–H groups in total. The molecule has 3 amide bonds. The van der Waals surface area contributed by atoms with Crippen molar-refractivity contribution >= 4 is 46.0 Å². The molecule has 2 aliphatic rings. The number of benzene rings is 2. The second-order valence-corrected chi connectivity index (χ2v) is 10.3. The lowest BCUT2D eigenvalue weighted by Crippen LogP contribution is -2.48. The van der Waals surface area contributed by atoms with Gasteiger partial charge in [0.15, 0.2) is 11.5 Å². The zero-order chi connectivity index (χ0) is 24.9. The Kier molecular flexibility index (Phi) is 8.30. The Morgan fingerprint density at radius 3 is 2.34 bits per heavy atom. The number of nitrogens with zero attached hydrogens (tertiary/aromatic N) is 2. The largest absolute Gasteiger partial charge is 0.493 e. The molecular formula is C27H31IN2O5. The van der Waals surface area contributed by atoms with E-state index in [1.165, 1.54) is 4.90 Å². The molecule has 1 aliphatic heterocycles. The maximum absolute atomic E-state index is 13.7. The summed E-state index contributed by atoms with van der Waals surface area (Å²) in [4.78, 5) is 43.0. The maximum Gasteiger partial charge on any atom is 0.257 e. The molecule has 1 aliphatic carbocycles. The van der Waals surface area contributed by atoms with Gasteiger partial charge in [0.2, 0.25) is 11.8 Å². The molecule has 7 nitrogen and oxygen atoms in total. The van der Waals surface area contributed by atoms with E-state index < -0.39 is 6.04 Å². The number of carbonyl (C=O) groups is 3. The quantitative estimate of drug-likeness (QED) is 0.332. The Hall–Kier alpha value is -2.62. The number of carbonyl (C=O) groups excluding carboxylic acids is 3. The fourth-order valence-corrected chi connectivity index (χ4v) is 5.37. The summed E-state index contributed by atoms with van der Waals surface area (Å²) >= 11 is 2.19. The first kappa shape index (κ1) is 25.5. The summed E-state index contributed by atoms with van der Waals surface area (Å²) in [6.07, 6.45) is 5.40. The molecule has 2 aromatic carbocycles. The number of hydrogen-bond acceptors (Lipinski definition) is 5. The van der Waals surface area contributed by atoms with Gasteiger partial charge in [0.25, 0.3) is 5.91 Å². The summed E-state index contributed by atoms with van der Waals surface area (Å²) in [6.45, 7) is 0.356. The molecule has 35 heavy (non-hydrogen) atoms. The summed E-state index contributed by atoms with van der Waals surface area (Å²) in [5.41, 5.74) is 1.52. The number of halogens is 1. The number of hydrogen-bond donors (Lipinski definition) is 0. The summed E-state index contributed by atoms with van der Waals surface area (Å²) in [7, 11) is 3.17. The molecule has 4 rings (SSSR count). The number of methoxy groups -OCH3 is 2. The van der Waals surface area contributed by atoms with E-state index >= 15 is 0 Å². The Morgan fingerprint density at radius 2 is 1.69 bits per heavy atom. The van der Waals surface area contributed by atoms with Crippen LogP contribution in [0.15, 0.2) is 42.5 Å². The fraction of sp³-hybridized carbons (Fsp3) is 0.444. The zero-order valence-corrected chi connectivity index (χ0v) is 22.3. The van der Waals surface area contributed by atoms with Gasteiger partial charge < -0.3 is 14.4 Å². The van der Waals surface area contributed by atoms with Crippen LogP contribution >= 0.6 is 22.6 Å². The lowest BCUT2D eigenvalue weighted by Gasteiger charge is -2.32. The van der Waals surface area contributed by atoms with Gasteiger partial charge in [-0.15, -0.1) is 0 Å². The highest BCUT2D eigenvalue weighted by Crippen LogP contribution is 2.32. The molecule has 8 heteroatoms. The van der Waals surface area contributed by atoms with Crippen LogP contribution in [0, 0.1) is 9.49 Å². The number of ether oxygens (including phenoxy) is 2. The maximum atomic E-state index is 13.7. The average molecular weight is 590 g/mol. The minimum atomic E-state index is -0.781. The molecule has 2 fully saturated rings. The van der Waals surface area contributed by atoms with Crippen LogP contribution in [-0.4, -0.2) is 49.4 Å². The van der Waals surface area contributed by atoms with Crippen LogP contribution < -0.4 is 14.4 Å². The minimum absolute atomic E-state index is 0.00914. The molecule has 0 bridgehead atoms. The van der Waals surface area contributed by atoms with Gasteiger partial charge >= 0.3 is 0 Å². The van der Waals surface area contributed by atoms with Crippen LogP contribution in [0.4, 0.5) is 5.69 Å². The van der Waals surface area contributed by atoms with E-state index in [0.29, 0.717) is 30.2 Å². The van der Waals surface area contributed by atoms with Crippen LogP contribution in [0.1, 0.15) is 44.1 Å². The van der Waals surface area contributed by atoms with Gasteiger partial charge in [-0.25, -0.2) is 4.90 Å². The van der Waals surface area contributed by atoms with Crippen molar-refractivity contribution in [2.75, 3.05) is 25.7 Å². The molecule has 1 unspecified atom stereocenters. The van der Waals surface area contributed by atoms with Crippen LogP contribution in [-0.2, 0) is 20.8 Å². The Balaban J connectivity index is 1.58. The van der Waals surface area contributed by atoms with Crippen LogP contribution in [0.3, 0.4) is 0 Å². The highest BCUT2D eigenvalue weighted by Gasteiger charge is 2.45. The second-order valence-electron chi connectivity index (χ2n) is 9.07. The first-order valence-electron chi connectivity index (χ1n) is 12.1. The lowest BCUT2D eigenvalue weighted by molar-refractivity contribution is -0.142. The van der Waals surface area contributed by atoms with Gasteiger partial charge in [-0.2, -0.15) is 0 Å². The van der Waals surface area contributed by atoms with E-state index in [4.69, 9.17) is 9.47 Å². The Bertz CT molecular complexity index is 1080. The SMILES string of the molecule is COc1ccc(CCN(C(=O)C2CCCCC2)C2CC(=O)N(c3ccc(I)cc3)C2=O)cc1OC. The Labute approximate surface area is 219 Å². The van der Waals surface area contributed by atoms with E-state index in [1.807, 2.05) is 30.3 Å². The fourth-order valence-electron chi connectivity index (χ4n) is 5.01. The third-order valence-corrected chi connectivity index (χ3v) is 7.63. The molecule has 186 valence electrons. The monoisotopic (exact) mass is 590 g/mol. The summed E-state index contributed by atoms with van der Waals surface area (Å²) in [6, 6.07) is 12.2. The normalized spacial score (nSPS) is 18.6. The van der Waals surface area contributed by atoms with E-state index in [2.05, 4.69) is 22.6 Å².